The number of esters is 3. The smallest absolute Gasteiger partial charge is 0.306 e. The van der Waals surface area contributed by atoms with Crippen molar-refractivity contribution in [3.8, 4) is 0 Å². The first-order chi connectivity index (χ1) is 31.0. The molecule has 0 aliphatic heterocycles. The van der Waals surface area contributed by atoms with E-state index in [4.69, 9.17) is 14.2 Å². The molecule has 0 aromatic rings. The second-order valence-electron chi connectivity index (χ2n) is 19.2. The van der Waals surface area contributed by atoms with E-state index in [9.17, 15) is 14.4 Å². The highest BCUT2D eigenvalue weighted by Crippen LogP contribution is 2.17. The first-order valence-corrected chi connectivity index (χ1v) is 28.2. The van der Waals surface area contributed by atoms with Crippen molar-refractivity contribution < 1.29 is 28.6 Å². The average Bonchev–Trinajstić information content (AvgIpc) is 3.28. The maximum Gasteiger partial charge on any atom is 0.306 e. The molecule has 6 nitrogen and oxygen atoms in total. The lowest BCUT2D eigenvalue weighted by Gasteiger charge is -2.18. The molecule has 6 heteroatoms. The molecule has 0 fully saturated rings. The van der Waals surface area contributed by atoms with Gasteiger partial charge in [0.25, 0.3) is 0 Å². The summed E-state index contributed by atoms with van der Waals surface area (Å²) >= 11 is 0. The van der Waals surface area contributed by atoms with Crippen molar-refractivity contribution in [2.24, 2.45) is 0 Å². The van der Waals surface area contributed by atoms with Crippen molar-refractivity contribution in [2.45, 2.75) is 322 Å². The van der Waals surface area contributed by atoms with E-state index in [2.05, 4.69) is 32.9 Å². The topological polar surface area (TPSA) is 78.9 Å². The van der Waals surface area contributed by atoms with Crippen LogP contribution >= 0.6 is 0 Å². The predicted molar refractivity (Wildman–Crippen MR) is 270 cm³/mol. The van der Waals surface area contributed by atoms with Gasteiger partial charge in [0, 0.05) is 19.3 Å². The Labute approximate surface area is 392 Å². The van der Waals surface area contributed by atoms with E-state index in [0.29, 0.717) is 19.3 Å². The van der Waals surface area contributed by atoms with Crippen molar-refractivity contribution in [3.05, 3.63) is 12.2 Å². The number of hydrogen-bond donors (Lipinski definition) is 0. The fourth-order valence-electron chi connectivity index (χ4n) is 8.50. The summed E-state index contributed by atoms with van der Waals surface area (Å²) in [7, 11) is 0. The number of rotatable bonds is 52. The standard InChI is InChI=1S/C57H108O6/c1-4-7-10-13-16-19-22-25-28-31-34-37-40-43-46-49-55(58)61-52-54(63-57(60)51-48-45-42-39-36-33-30-27-24-21-18-15-12-9-6-3)53-62-56(59)50-47-44-41-38-35-32-29-26-23-20-17-14-11-8-5-2/h25,28,54H,4-24,26-27,29-53H2,1-3H3/b28-25-. The molecular weight excluding hydrogens is 781 g/mol. The first-order valence-electron chi connectivity index (χ1n) is 28.2. The van der Waals surface area contributed by atoms with Gasteiger partial charge in [0.15, 0.2) is 6.10 Å². The summed E-state index contributed by atoms with van der Waals surface area (Å²) in [5.41, 5.74) is 0. The largest absolute Gasteiger partial charge is 0.462 e. The van der Waals surface area contributed by atoms with Gasteiger partial charge in [0.1, 0.15) is 13.2 Å². The maximum atomic E-state index is 12.8. The second-order valence-corrected chi connectivity index (χ2v) is 19.2. The molecule has 0 aliphatic rings. The molecule has 0 radical (unpaired) electrons. The lowest BCUT2D eigenvalue weighted by Crippen LogP contribution is -2.30. The van der Waals surface area contributed by atoms with Gasteiger partial charge >= 0.3 is 17.9 Å². The molecule has 0 heterocycles. The summed E-state index contributed by atoms with van der Waals surface area (Å²) in [6.45, 7) is 6.68. The molecule has 0 saturated heterocycles. The van der Waals surface area contributed by atoms with Crippen LogP contribution in [0.2, 0.25) is 0 Å². The Kier molecular flexibility index (Phi) is 51.2. The van der Waals surface area contributed by atoms with Crippen LogP contribution in [-0.4, -0.2) is 37.2 Å². The quantitative estimate of drug-likeness (QED) is 0.0262. The van der Waals surface area contributed by atoms with Crippen LogP contribution in [0.4, 0.5) is 0 Å². The zero-order valence-electron chi connectivity index (χ0n) is 42.6. The van der Waals surface area contributed by atoms with Crippen molar-refractivity contribution in [1.82, 2.24) is 0 Å². The number of carbonyl (C=O) groups excluding carboxylic acids is 3. The summed E-state index contributed by atoms with van der Waals surface area (Å²) in [5.74, 6) is -0.852. The molecule has 0 aliphatic carbocycles. The van der Waals surface area contributed by atoms with Crippen molar-refractivity contribution in [3.63, 3.8) is 0 Å². The number of allylic oxidation sites excluding steroid dienone is 2. The van der Waals surface area contributed by atoms with Gasteiger partial charge in [-0.05, 0) is 44.9 Å². The molecule has 0 spiro atoms. The summed E-state index contributed by atoms with van der Waals surface area (Å²) < 4.78 is 16.9. The molecule has 0 amide bonds. The molecule has 372 valence electrons. The van der Waals surface area contributed by atoms with Gasteiger partial charge < -0.3 is 14.2 Å². The number of carbonyl (C=O) groups is 3. The van der Waals surface area contributed by atoms with Gasteiger partial charge in [-0.25, -0.2) is 0 Å². The highest BCUT2D eigenvalue weighted by atomic mass is 16.6. The number of hydrogen-bond acceptors (Lipinski definition) is 6. The van der Waals surface area contributed by atoms with E-state index < -0.39 is 6.10 Å². The lowest BCUT2D eigenvalue weighted by atomic mass is 10.0. The van der Waals surface area contributed by atoms with E-state index >= 15 is 0 Å². The summed E-state index contributed by atoms with van der Waals surface area (Å²) in [4.78, 5) is 38.1. The fourth-order valence-corrected chi connectivity index (χ4v) is 8.50. The van der Waals surface area contributed by atoms with Crippen LogP contribution in [0.1, 0.15) is 316 Å². The molecule has 0 aromatic heterocycles. The second kappa shape index (κ2) is 52.8. The van der Waals surface area contributed by atoms with E-state index in [1.807, 2.05) is 0 Å². The Bertz CT molecular complexity index is 978. The molecule has 0 saturated carbocycles. The van der Waals surface area contributed by atoms with Crippen molar-refractivity contribution in [1.29, 1.82) is 0 Å². The third-order valence-electron chi connectivity index (χ3n) is 12.8. The highest BCUT2D eigenvalue weighted by molar-refractivity contribution is 5.71. The number of unbranched alkanes of at least 4 members (excludes halogenated alkanes) is 39. The highest BCUT2D eigenvalue weighted by Gasteiger charge is 2.19. The van der Waals surface area contributed by atoms with Crippen LogP contribution < -0.4 is 0 Å². The zero-order chi connectivity index (χ0) is 45.8. The van der Waals surface area contributed by atoms with Gasteiger partial charge in [-0.3, -0.25) is 14.4 Å². The minimum absolute atomic E-state index is 0.0666. The SMILES string of the molecule is CCCCCCCC/C=C\CCCCCCCC(=O)OCC(COC(=O)CCCCCCCCCCCCCCCCC)OC(=O)CCCCCCCCCCCCCCCCC. The number of ether oxygens (including phenoxy) is 3. The van der Waals surface area contributed by atoms with Crippen LogP contribution in [0, 0.1) is 0 Å². The Hall–Kier alpha value is -1.85. The minimum atomic E-state index is -0.767. The van der Waals surface area contributed by atoms with E-state index in [1.54, 1.807) is 0 Å². The molecule has 0 bridgehead atoms. The van der Waals surface area contributed by atoms with Gasteiger partial charge in [0.05, 0.1) is 0 Å². The Morgan fingerprint density at radius 3 is 0.794 bits per heavy atom. The molecule has 0 aromatic carbocycles. The summed E-state index contributed by atoms with van der Waals surface area (Å²) in [5, 5.41) is 0. The van der Waals surface area contributed by atoms with E-state index in [0.717, 1.165) is 64.2 Å². The molecule has 1 atom stereocenters. The van der Waals surface area contributed by atoms with Crippen LogP contribution in [0.15, 0.2) is 12.2 Å². The molecule has 0 rings (SSSR count). The maximum absolute atomic E-state index is 12.8. The van der Waals surface area contributed by atoms with Gasteiger partial charge in [-0.2, -0.15) is 0 Å². The normalized spacial score (nSPS) is 12.0. The first kappa shape index (κ1) is 61.1. The zero-order valence-corrected chi connectivity index (χ0v) is 42.6. The molecule has 1 unspecified atom stereocenters. The van der Waals surface area contributed by atoms with Crippen LogP contribution in [0.5, 0.6) is 0 Å². The Morgan fingerprint density at radius 2 is 0.524 bits per heavy atom. The van der Waals surface area contributed by atoms with Gasteiger partial charge in [-0.15, -0.1) is 0 Å². The molecule has 63 heavy (non-hydrogen) atoms. The lowest BCUT2D eigenvalue weighted by molar-refractivity contribution is -0.167. The fraction of sp³-hybridized carbons (Fsp3) is 0.912. The van der Waals surface area contributed by atoms with Crippen LogP contribution in [-0.2, 0) is 28.6 Å². The van der Waals surface area contributed by atoms with Crippen LogP contribution in [0.3, 0.4) is 0 Å². The van der Waals surface area contributed by atoms with Crippen molar-refractivity contribution in [2.75, 3.05) is 13.2 Å². The minimum Gasteiger partial charge on any atom is -0.462 e. The predicted octanol–water partition coefficient (Wildman–Crippen LogP) is 18.5. The van der Waals surface area contributed by atoms with E-state index in [-0.39, 0.29) is 31.1 Å². The average molecular weight is 889 g/mol. The molecule has 0 N–H and O–H groups in total. The van der Waals surface area contributed by atoms with E-state index in [1.165, 1.54) is 212 Å². The summed E-state index contributed by atoms with van der Waals surface area (Å²) in [6, 6.07) is 0. The van der Waals surface area contributed by atoms with Crippen LogP contribution in [0.25, 0.3) is 0 Å². The monoisotopic (exact) mass is 889 g/mol. The van der Waals surface area contributed by atoms with Gasteiger partial charge in [0.2, 0.25) is 0 Å². The van der Waals surface area contributed by atoms with Gasteiger partial charge in [-0.1, -0.05) is 264 Å². The third kappa shape index (κ3) is 51.0. The third-order valence-corrected chi connectivity index (χ3v) is 12.8. The van der Waals surface area contributed by atoms with Crippen molar-refractivity contribution >= 4 is 17.9 Å². The summed E-state index contributed by atoms with van der Waals surface area (Å²) in [6.07, 6.45) is 59.1. The Balaban J connectivity index is 4.33. The Morgan fingerprint density at radius 1 is 0.302 bits per heavy atom. The molecular formula is C57H108O6.